The third-order valence-corrected chi connectivity index (χ3v) is 11.8. The topological polar surface area (TPSA) is 63.6 Å². The van der Waals surface area contributed by atoms with Crippen LogP contribution in [-0.4, -0.2) is 30.1 Å². The van der Waals surface area contributed by atoms with Crippen LogP contribution in [-0.2, 0) is 14.3 Å². The number of rotatable bonds is 7. The van der Waals surface area contributed by atoms with Crippen molar-refractivity contribution >= 4 is 11.8 Å². The normalized spacial score (nSPS) is 45.6. The van der Waals surface area contributed by atoms with E-state index >= 15 is 0 Å². The number of carbonyl (C=O) groups excluding carboxylic acids is 2. The van der Waals surface area contributed by atoms with E-state index in [0.29, 0.717) is 35.4 Å². The van der Waals surface area contributed by atoms with Gasteiger partial charge in [0.05, 0.1) is 19.1 Å². The lowest BCUT2D eigenvalue weighted by molar-refractivity contribution is -0.173. The zero-order valence-electron chi connectivity index (χ0n) is 22.6. The van der Waals surface area contributed by atoms with Crippen molar-refractivity contribution in [1.82, 2.24) is 0 Å². The van der Waals surface area contributed by atoms with Crippen molar-refractivity contribution < 1.29 is 19.4 Å². The number of hydrogen-bond donors (Lipinski definition) is 1. The molecule has 0 amide bonds. The Morgan fingerprint density at radius 1 is 1.03 bits per heavy atom. The van der Waals surface area contributed by atoms with Gasteiger partial charge in [-0.15, -0.1) is 0 Å². The Kier molecular flexibility index (Phi) is 7.59. The van der Waals surface area contributed by atoms with Crippen LogP contribution < -0.4 is 0 Å². The lowest BCUT2D eigenvalue weighted by Crippen LogP contribution is -2.60. The molecule has 0 saturated heterocycles. The number of fused-ring (bicyclic) bond motifs is 5. The van der Waals surface area contributed by atoms with E-state index in [4.69, 9.17) is 4.74 Å². The SMILES string of the molecule is CC[C@H]1C(=O)[C@@H]2[C@H](CC[C@]3(C)[C@@H]([C@H](C)CCCC(C)C(=O)OC)CC[C@@H]23)[C@@]2(C)CC[C@@H](O)C[C@@H]12. The van der Waals surface area contributed by atoms with E-state index in [1.165, 1.54) is 32.8 Å². The van der Waals surface area contributed by atoms with Gasteiger partial charge in [0.25, 0.3) is 0 Å². The van der Waals surface area contributed by atoms with Gasteiger partial charge in [-0.25, -0.2) is 0 Å². The summed E-state index contributed by atoms with van der Waals surface area (Å²) in [4.78, 5) is 25.8. The molecule has 4 aliphatic carbocycles. The summed E-state index contributed by atoms with van der Waals surface area (Å²) in [6.45, 7) is 11.6. The van der Waals surface area contributed by atoms with Crippen LogP contribution in [0.5, 0.6) is 0 Å². The minimum Gasteiger partial charge on any atom is -0.469 e. The van der Waals surface area contributed by atoms with Crippen molar-refractivity contribution in [3.63, 3.8) is 0 Å². The largest absolute Gasteiger partial charge is 0.469 e. The quantitative estimate of drug-likeness (QED) is 0.431. The van der Waals surface area contributed by atoms with Crippen molar-refractivity contribution in [3.8, 4) is 0 Å². The fourth-order valence-electron chi connectivity index (χ4n) is 9.88. The molecule has 194 valence electrons. The summed E-state index contributed by atoms with van der Waals surface area (Å²) in [5, 5.41) is 10.5. The van der Waals surface area contributed by atoms with Crippen LogP contribution in [0.1, 0.15) is 105 Å². The monoisotopic (exact) mass is 474 g/mol. The van der Waals surface area contributed by atoms with Crippen molar-refractivity contribution in [3.05, 3.63) is 0 Å². The average molecular weight is 475 g/mol. The Hall–Kier alpha value is -0.900. The number of methoxy groups -OCH3 is 1. The van der Waals surface area contributed by atoms with Gasteiger partial charge in [0, 0.05) is 11.8 Å². The molecule has 11 atom stereocenters. The summed E-state index contributed by atoms with van der Waals surface area (Å²) in [5.41, 5.74) is 0.480. The number of aliphatic hydroxyl groups excluding tert-OH is 1. The molecule has 1 unspecified atom stereocenters. The van der Waals surface area contributed by atoms with E-state index in [2.05, 4.69) is 27.7 Å². The summed E-state index contributed by atoms with van der Waals surface area (Å²) in [6.07, 6.45) is 11.6. The van der Waals surface area contributed by atoms with Crippen molar-refractivity contribution in [2.45, 2.75) is 111 Å². The Balaban J connectivity index is 1.50. The van der Waals surface area contributed by atoms with Gasteiger partial charge in [-0.05, 0) is 98.2 Å². The fraction of sp³-hybridized carbons (Fsp3) is 0.933. The third kappa shape index (κ3) is 4.18. The summed E-state index contributed by atoms with van der Waals surface area (Å²) < 4.78 is 4.90. The number of ketones is 1. The molecule has 0 aromatic heterocycles. The van der Waals surface area contributed by atoms with Crippen molar-refractivity contribution in [2.24, 2.45) is 58.2 Å². The van der Waals surface area contributed by atoms with Crippen LogP contribution in [0.3, 0.4) is 0 Å². The molecule has 0 heterocycles. The van der Waals surface area contributed by atoms with Crippen LogP contribution in [0.25, 0.3) is 0 Å². The van der Waals surface area contributed by atoms with Gasteiger partial charge in [0.1, 0.15) is 5.78 Å². The zero-order chi connectivity index (χ0) is 24.8. The average Bonchev–Trinajstić information content (AvgIpc) is 3.17. The minimum absolute atomic E-state index is 0.0203. The molecule has 4 heteroatoms. The first-order valence-electron chi connectivity index (χ1n) is 14.4. The number of Topliss-reactive ketones (excluding diaryl/α,β-unsaturated/α-hetero) is 1. The van der Waals surface area contributed by atoms with E-state index in [-0.39, 0.29) is 40.7 Å². The molecule has 0 aromatic carbocycles. The number of esters is 1. The lowest BCUT2D eigenvalue weighted by atomic mass is 9.42. The molecule has 4 rings (SSSR count). The van der Waals surface area contributed by atoms with E-state index in [1.807, 2.05) is 6.92 Å². The molecule has 0 radical (unpaired) electrons. The first-order valence-corrected chi connectivity index (χ1v) is 14.4. The maximum Gasteiger partial charge on any atom is 0.308 e. The molecule has 0 aromatic rings. The second-order valence-corrected chi connectivity index (χ2v) is 13.3. The minimum atomic E-state index is -0.219. The standard InChI is InChI=1S/C30H50O4/c1-7-21-25-17-20(31)13-15-30(25,5)24-14-16-29(4)22(11-12-23(29)26(24)27(21)32)18(2)9-8-10-19(3)28(33)34-6/h18-26,31H,7-17H2,1-6H3/t18-,19?,20-,21-,22-,23+,24+,25+,26+,29-,30-/m1/s1. The summed E-state index contributed by atoms with van der Waals surface area (Å²) in [5.74, 6) is 3.52. The van der Waals surface area contributed by atoms with E-state index in [1.54, 1.807) is 0 Å². The van der Waals surface area contributed by atoms with Gasteiger partial charge < -0.3 is 9.84 Å². The maximum absolute atomic E-state index is 14.1. The number of carbonyl (C=O) groups is 2. The lowest BCUT2D eigenvalue weighted by Gasteiger charge is -2.62. The summed E-state index contributed by atoms with van der Waals surface area (Å²) in [7, 11) is 1.48. The molecule has 4 saturated carbocycles. The van der Waals surface area contributed by atoms with Gasteiger partial charge in [-0.3, -0.25) is 9.59 Å². The molecule has 4 nitrogen and oxygen atoms in total. The van der Waals surface area contributed by atoms with Crippen LogP contribution in [0.4, 0.5) is 0 Å². The highest BCUT2D eigenvalue weighted by molar-refractivity contribution is 5.86. The summed E-state index contributed by atoms with van der Waals surface area (Å²) >= 11 is 0. The first kappa shape index (κ1) is 26.2. The smallest absolute Gasteiger partial charge is 0.308 e. The van der Waals surface area contributed by atoms with Gasteiger partial charge in [0.15, 0.2) is 0 Å². The highest BCUT2D eigenvalue weighted by Gasteiger charge is 2.65. The predicted molar refractivity (Wildman–Crippen MR) is 135 cm³/mol. The van der Waals surface area contributed by atoms with Crippen LogP contribution in [0.15, 0.2) is 0 Å². The van der Waals surface area contributed by atoms with E-state index in [0.717, 1.165) is 44.9 Å². The predicted octanol–water partition coefficient (Wildman–Crippen LogP) is 6.44. The molecule has 4 aliphatic rings. The molecule has 1 N–H and O–H groups in total. The van der Waals surface area contributed by atoms with Crippen LogP contribution in [0, 0.1) is 58.2 Å². The first-order chi connectivity index (χ1) is 16.1. The second kappa shape index (κ2) is 9.87. The third-order valence-electron chi connectivity index (χ3n) is 11.8. The van der Waals surface area contributed by atoms with Gasteiger partial charge in [-0.2, -0.15) is 0 Å². The fourth-order valence-corrected chi connectivity index (χ4v) is 9.88. The van der Waals surface area contributed by atoms with Crippen LogP contribution >= 0.6 is 0 Å². The molecular weight excluding hydrogens is 424 g/mol. The highest BCUT2D eigenvalue weighted by atomic mass is 16.5. The van der Waals surface area contributed by atoms with Gasteiger partial charge in [0.2, 0.25) is 0 Å². The molecule has 0 aliphatic heterocycles. The Bertz CT molecular complexity index is 763. The Labute approximate surface area is 208 Å². The highest BCUT2D eigenvalue weighted by Crippen LogP contribution is 2.68. The summed E-state index contributed by atoms with van der Waals surface area (Å²) in [6, 6.07) is 0. The van der Waals surface area contributed by atoms with Gasteiger partial charge in [-0.1, -0.05) is 47.5 Å². The molecule has 4 fully saturated rings. The van der Waals surface area contributed by atoms with Gasteiger partial charge >= 0.3 is 5.97 Å². The Morgan fingerprint density at radius 2 is 1.71 bits per heavy atom. The number of aliphatic hydroxyl groups is 1. The van der Waals surface area contributed by atoms with Crippen molar-refractivity contribution in [2.75, 3.05) is 7.11 Å². The van der Waals surface area contributed by atoms with E-state index in [9.17, 15) is 14.7 Å². The van der Waals surface area contributed by atoms with Crippen molar-refractivity contribution in [1.29, 1.82) is 0 Å². The molecule has 34 heavy (non-hydrogen) atoms. The second-order valence-electron chi connectivity index (χ2n) is 13.3. The Morgan fingerprint density at radius 3 is 2.38 bits per heavy atom. The number of ether oxygens (including phenoxy) is 1. The molecule has 0 bridgehead atoms. The number of hydrogen-bond acceptors (Lipinski definition) is 4. The zero-order valence-corrected chi connectivity index (χ0v) is 22.6. The van der Waals surface area contributed by atoms with Crippen LogP contribution in [0.2, 0.25) is 0 Å². The maximum atomic E-state index is 14.1. The molecular formula is C30H50O4. The van der Waals surface area contributed by atoms with E-state index < -0.39 is 0 Å². The molecule has 0 spiro atoms.